The molecule has 0 radical (unpaired) electrons. The fourth-order valence-electron chi connectivity index (χ4n) is 14.1. The van der Waals surface area contributed by atoms with Gasteiger partial charge in [0.15, 0.2) is 0 Å². The van der Waals surface area contributed by atoms with E-state index in [0.717, 1.165) is 67.4 Å². The normalized spacial score (nSPS) is 13.5. The van der Waals surface area contributed by atoms with E-state index in [4.69, 9.17) is 4.42 Å². The summed E-state index contributed by atoms with van der Waals surface area (Å²) < 4.78 is 11.9. The molecule has 17 rings (SSSR count). The lowest BCUT2D eigenvalue weighted by Crippen LogP contribution is -2.61. The monoisotopic (exact) mass is 1040 g/mol. The maximum atomic E-state index is 6.80. The molecule has 386 valence electrons. The third kappa shape index (κ3) is 6.51. The van der Waals surface area contributed by atoms with Crippen molar-refractivity contribution in [1.82, 2.24) is 9.13 Å². The van der Waals surface area contributed by atoms with Gasteiger partial charge in [0.05, 0.1) is 44.8 Å². The van der Waals surface area contributed by atoms with Crippen LogP contribution in [-0.2, 0) is 10.8 Å². The summed E-state index contributed by atoms with van der Waals surface area (Å²) in [6.07, 6.45) is 0. The van der Waals surface area contributed by atoms with Gasteiger partial charge < -0.3 is 28.3 Å². The molecule has 0 fully saturated rings. The van der Waals surface area contributed by atoms with Crippen molar-refractivity contribution in [2.24, 2.45) is 0 Å². The van der Waals surface area contributed by atoms with Crippen molar-refractivity contribution in [3.63, 3.8) is 0 Å². The third-order valence-electron chi connectivity index (χ3n) is 17.9. The molecule has 0 unspecified atom stereocenters. The van der Waals surface area contributed by atoms with E-state index < -0.39 is 0 Å². The lowest BCUT2D eigenvalue weighted by atomic mass is 9.33. The van der Waals surface area contributed by atoms with Crippen LogP contribution in [0.2, 0.25) is 0 Å². The van der Waals surface area contributed by atoms with E-state index in [-0.39, 0.29) is 17.5 Å². The van der Waals surface area contributed by atoms with Gasteiger partial charge in [-0.1, -0.05) is 157 Å². The van der Waals surface area contributed by atoms with Gasteiger partial charge in [0.2, 0.25) is 0 Å². The second kappa shape index (κ2) is 16.4. The van der Waals surface area contributed by atoms with Crippen LogP contribution in [0.1, 0.15) is 52.7 Å². The zero-order valence-corrected chi connectivity index (χ0v) is 46.2. The van der Waals surface area contributed by atoms with Crippen molar-refractivity contribution in [3.05, 3.63) is 242 Å². The van der Waals surface area contributed by atoms with Gasteiger partial charge in [-0.25, -0.2) is 0 Å². The Labute approximate surface area is 471 Å². The van der Waals surface area contributed by atoms with E-state index in [0.29, 0.717) is 0 Å². The lowest BCUT2D eigenvalue weighted by Gasteiger charge is -2.46. The number of anilines is 9. The van der Waals surface area contributed by atoms with Crippen LogP contribution < -0.4 is 31.1 Å². The second-order valence-corrected chi connectivity index (χ2v) is 24.6. The molecule has 11 aromatic carbocycles. The molecule has 0 bridgehead atoms. The Hall–Kier alpha value is -9.72. The summed E-state index contributed by atoms with van der Waals surface area (Å²) in [5.41, 5.74) is 25.2. The molecule has 0 spiro atoms. The van der Waals surface area contributed by atoms with Crippen molar-refractivity contribution in [1.29, 1.82) is 0 Å². The molecule has 14 aromatic rings. The van der Waals surface area contributed by atoms with Gasteiger partial charge >= 0.3 is 0 Å². The molecule has 0 amide bonds. The van der Waals surface area contributed by atoms with Crippen molar-refractivity contribution in [2.45, 2.75) is 52.4 Å². The van der Waals surface area contributed by atoms with E-state index in [1.807, 2.05) is 0 Å². The number of hydrogen-bond acceptors (Lipinski definition) is 4. The molecule has 3 aromatic heterocycles. The van der Waals surface area contributed by atoms with Crippen LogP contribution in [0.3, 0.4) is 0 Å². The predicted molar refractivity (Wildman–Crippen MR) is 342 cm³/mol. The fourth-order valence-corrected chi connectivity index (χ4v) is 14.1. The number of nitrogens with zero attached hydrogens (tertiary/aromatic N) is 5. The summed E-state index contributed by atoms with van der Waals surface area (Å²) in [5, 5.41) is 7.24. The Kier molecular flexibility index (Phi) is 9.38. The first-order valence-corrected chi connectivity index (χ1v) is 28.4. The van der Waals surface area contributed by atoms with Gasteiger partial charge in [-0.2, -0.15) is 0 Å². The van der Waals surface area contributed by atoms with Crippen molar-refractivity contribution < 1.29 is 4.42 Å². The molecule has 6 nitrogen and oxygen atoms in total. The van der Waals surface area contributed by atoms with Crippen LogP contribution in [0.15, 0.2) is 235 Å². The van der Waals surface area contributed by atoms with E-state index in [1.165, 1.54) is 88.2 Å². The SMILES string of the molecule is CC(C)(C)c1ccc2c(c1)c1cc(C(C)(C)C)ccc1n2-c1ccc2c(c1)N(c1ccc3c(c1)oc1ccccc13)c1cc(N(c3ccccc3)c3ccccc3)cc3c1B2c1cccc2c1N3c1cccc3c4ccccc4n-2c13. The number of para-hydroxylation sites is 6. The van der Waals surface area contributed by atoms with E-state index in [1.54, 1.807) is 0 Å². The summed E-state index contributed by atoms with van der Waals surface area (Å²) in [4.78, 5) is 7.59. The molecule has 0 aliphatic carbocycles. The van der Waals surface area contributed by atoms with Gasteiger partial charge in [0.1, 0.15) is 11.2 Å². The maximum absolute atomic E-state index is 6.80. The van der Waals surface area contributed by atoms with Gasteiger partial charge in [-0.15, -0.1) is 0 Å². The zero-order valence-electron chi connectivity index (χ0n) is 46.2. The second-order valence-electron chi connectivity index (χ2n) is 24.6. The highest BCUT2D eigenvalue weighted by Crippen LogP contribution is 2.54. The number of benzene rings is 11. The molecule has 3 aliphatic heterocycles. The van der Waals surface area contributed by atoms with Crippen LogP contribution in [-0.4, -0.2) is 15.8 Å². The smallest absolute Gasteiger partial charge is 0.252 e. The minimum absolute atomic E-state index is 0.0199. The first-order chi connectivity index (χ1) is 39.5. The first kappa shape index (κ1) is 46.2. The summed E-state index contributed by atoms with van der Waals surface area (Å²) in [6.45, 7) is 13.8. The van der Waals surface area contributed by atoms with Crippen LogP contribution >= 0.6 is 0 Å². The van der Waals surface area contributed by atoms with Crippen molar-refractivity contribution >= 4 is 140 Å². The van der Waals surface area contributed by atoms with E-state index in [2.05, 4.69) is 296 Å². The number of furan rings is 1. The van der Waals surface area contributed by atoms with E-state index in [9.17, 15) is 0 Å². The fraction of sp³-hybridized carbons (Fsp3) is 0.108. The van der Waals surface area contributed by atoms with Crippen molar-refractivity contribution in [2.75, 3.05) is 14.7 Å². The summed E-state index contributed by atoms with van der Waals surface area (Å²) in [5.74, 6) is 0. The Morgan fingerprint density at radius 3 is 1.64 bits per heavy atom. The largest absolute Gasteiger partial charge is 0.456 e. The average molecular weight is 1040 g/mol. The average Bonchev–Trinajstić information content (AvgIpc) is 3.33. The van der Waals surface area contributed by atoms with Gasteiger partial charge in [0.25, 0.3) is 6.71 Å². The predicted octanol–water partition coefficient (Wildman–Crippen LogP) is 18.2. The molecular formula is C74H56BN5O. The molecule has 0 atom stereocenters. The van der Waals surface area contributed by atoms with Crippen LogP contribution in [0.25, 0.3) is 76.9 Å². The molecule has 0 saturated heterocycles. The standard InChI is InChI=1S/C74H56BN5O/c1-73(2,3)45-31-37-61-56(39-45)57-40-46(74(4,5)6)32-38-62(57)77(61)49-34-36-58-65(41-49)78(50-33-35-54-53-24-14-16-30-68(53)81-69(54)44-50)66-42-51(76(47-19-9-7-10-20-47)48-21-11-8-12-22-48)43-67-70(66)75(58)59-26-18-29-64-72(59)80(67)63-28-17-25-55-52-23-13-15-27-60(52)79(64)71(55)63/h7-44H,1-6H3. The molecule has 6 heterocycles. The summed E-state index contributed by atoms with van der Waals surface area (Å²) >= 11 is 0. The Morgan fingerprint density at radius 2 is 0.938 bits per heavy atom. The Morgan fingerprint density at radius 1 is 0.358 bits per heavy atom. The highest BCUT2D eigenvalue weighted by atomic mass is 16.3. The highest BCUT2D eigenvalue weighted by molar-refractivity contribution is 7.00. The van der Waals surface area contributed by atoms with Gasteiger partial charge in [-0.3, -0.25) is 0 Å². The van der Waals surface area contributed by atoms with Gasteiger partial charge in [-0.05, 0) is 148 Å². The first-order valence-electron chi connectivity index (χ1n) is 28.4. The molecule has 0 N–H and O–H groups in total. The zero-order chi connectivity index (χ0) is 54.2. The minimum Gasteiger partial charge on any atom is -0.456 e. The molecule has 81 heavy (non-hydrogen) atoms. The quantitative estimate of drug-likeness (QED) is 0.161. The molecule has 7 heteroatoms. The Bertz CT molecular complexity index is 4880. The minimum atomic E-state index is -0.128. The number of fused-ring (bicyclic) bond motifs is 15. The number of aromatic nitrogens is 2. The molecule has 0 saturated carbocycles. The summed E-state index contributed by atoms with van der Waals surface area (Å²) in [6, 6.07) is 86.3. The lowest BCUT2D eigenvalue weighted by molar-refractivity contribution is 0.590. The van der Waals surface area contributed by atoms with Crippen LogP contribution in [0, 0.1) is 0 Å². The summed E-state index contributed by atoms with van der Waals surface area (Å²) in [7, 11) is 0. The number of hydrogen-bond donors (Lipinski definition) is 0. The van der Waals surface area contributed by atoms with Crippen LogP contribution in [0.4, 0.5) is 51.2 Å². The molecular weight excluding hydrogens is 986 g/mol. The maximum Gasteiger partial charge on any atom is 0.252 e. The topological polar surface area (TPSA) is 32.7 Å². The third-order valence-corrected chi connectivity index (χ3v) is 17.9. The van der Waals surface area contributed by atoms with Gasteiger partial charge in [0, 0.05) is 78.2 Å². The molecule has 3 aliphatic rings. The van der Waals surface area contributed by atoms with Crippen molar-refractivity contribution in [3.8, 4) is 11.4 Å². The number of rotatable bonds is 5. The highest BCUT2D eigenvalue weighted by Gasteiger charge is 2.47. The van der Waals surface area contributed by atoms with E-state index >= 15 is 0 Å². The van der Waals surface area contributed by atoms with Crippen LogP contribution in [0.5, 0.6) is 0 Å². The Balaban J connectivity index is 1.01.